The molecule has 294 valence electrons. The van der Waals surface area contributed by atoms with E-state index in [-0.39, 0.29) is 17.9 Å². The number of nitrogens with one attached hydrogen (secondary N) is 2. The molecule has 2 N–H and O–H groups in total. The Morgan fingerprint density at radius 1 is 0.811 bits per heavy atom. The van der Waals surface area contributed by atoms with Gasteiger partial charge in [0.05, 0.1) is 19.8 Å². The molecule has 1 aliphatic heterocycles. The number of allylic oxidation sites excluding steroid dienone is 12. The van der Waals surface area contributed by atoms with Gasteiger partial charge in [0.2, 0.25) is 11.8 Å². The minimum Gasteiger partial charge on any atom is -0.493 e. The number of morpholine rings is 1. The van der Waals surface area contributed by atoms with E-state index in [2.05, 4.69) is 127 Å². The molecule has 53 heavy (non-hydrogen) atoms. The Kier molecular flexibility index (Phi) is 24.7. The highest BCUT2D eigenvalue weighted by atomic mass is 16.5. The summed E-state index contributed by atoms with van der Waals surface area (Å²) in [5.74, 6) is 1.08. The first-order valence-corrected chi connectivity index (χ1v) is 20.2. The maximum Gasteiger partial charge on any atom is 0.225 e. The Morgan fingerprint density at radius 2 is 1.36 bits per heavy atom. The second-order valence-electron chi connectivity index (χ2n) is 14.5. The van der Waals surface area contributed by atoms with Crippen molar-refractivity contribution in [3.8, 4) is 5.75 Å². The lowest BCUT2D eigenvalue weighted by molar-refractivity contribution is -0.129. The summed E-state index contributed by atoms with van der Waals surface area (Å²) in [6.07, 6.45) is 36.6. The molecule has 1 unspecified atom stereocenters. The molecular formula is C46H71N3O4. The molecule has 0 saturated carbocycles. The molecule has 0 spiro atoms. The number of benzene rings is 1. The number of rotatable bonds is 27. The van der Waals surface area contributed by atoms with Crippen molar-refractivity contribution in [1.82, 2.24) is 15.5 Å². The molecule has 1 heterocycles. The van der Waals surface area contributed by atoms with Gasteiger partial charge in [0.25, 0.3) is 0 Å². The number of nitrogens with zero attached hydrogens (tertiary/aromatic N) is 1. The molecule has 0 aliphatic carbocycles. The number of hydrogen-bond donors (Lipinski definition) is 2. The lowest BCUT2D eigenvalue weighted by atomic mass is 9.87. The molecular weight excluding hydrogens is 659 g/mol. The summed E-state index contributed by atoms with van der Waals surface area (Å²) < 4.78 is 11.6. The van der Waals surface area contributed by atoms with Gasteiger partial charge in [-0.15, -0.1) is 0 Å². The quantitative estimate of drug-likeness (QED) is 0.0697. The summed E-state index contributed by atoms with van der Waals surface area (Å²) in [6.45, 7) is 15.3. The standard InChI is InChI=1S/C46H71N3O4/c1-6-7-8-9-10-11-12-13-14-15-16-17-18-19-20-21-22-23-24-26-44(50)47-32-29-42(49-34-37-52-38-35-49)30-33-48-45(51)46(4,5)31-25-36-53-43-39-40(2)27-28-41(43)3/h7-8,10-11,13-14,16-17,19-20,22-23,27-28,39,42H,6,9,12,15,18,21,24-26,29-38H2,1-5H3,(H,47,50)(H,48,51). The summed E-state index contributed by atoms with van der Waals surface area (Å²) in [5, 5.41) is 6.32. The highest BCUT2D eigenvalue weighted by molar-refractivity contribution is 5.81. The summed E-state index contributed by atoms with van der Waals surface area (Å²) >= 11 is 0. The van der Waals surface area contributed by atoms with E-state index in [1.807, 2.05) is 13.8 Å². The van der Waals surface area contributed by atoms with Crippen molar-refractivity contribution in [1.29, 1.82) is 0 Å². The Bertz CT molecular complexity index is 1330. The molecule has 2 rings (SSSR count). The Morgan fingerprint density at radius 3 is 1.94 bits per heavy atom. The van der Waals surface area contributed by atoms with Crippen LogP contribution in [0, 0.1) is 19.3 Å². The topological polar surface area (TPSA) is 79.9 Å². The zero-order valence-corrected chi connectivity index (χ0v) is 33.8. The zero-order chi connectivity index (χ0) is 38.4. The van der Waals surface area contributed by atoms with Gasteiger partial charge in [0, 0.05) is 44.1 Å². The van der Waals surface area contributed by atoms with Gasteiger partial charge in [0.1, 0.15) is 5.75 Å². The van der Waals surface area contributed by atoms with Crippen LogP contribution >= 0.6 is 0 Å². The first kappa shape index (κ1) is 45.5. The average molecular weight is 730 g/mol. The summed E-state index contributed by atoms with van der Waals surface area (Å²) in [4.78, 5) is 28.1. The van der Waals surface area contributed by atoms with Gasteiger partial charge in [-0.05, 0) is 102 Å². The van der Waals surface area contributed by atoms with E-state index in [0.717, 1.165) is 108 Å². The monoisotopic (exact) mass is 730 g/mol. The average Bonchev–Trinajstić information content (AvgIpc) is 3.15. The predicted octanol–water partition coefficient (Wildman–Crippen LogP) is 9.68. The summed E-state index contributed by atoms with van der Waals surface area (Å²) in [6, 6.07) is 6.51. The molecule has 0 bridgehead atoms. The molecule has 1 aromatic rings. The molecule has 1 fully saturated rings. The number of aryl methyl sites for hydroxylation is 2. The van der Waals surface area contributed by atoms with E-state index in [0.29, 0.717) is 26.1 Å². The first-order valence-electron chi connectivity index (χ1n) is 20.2. The first-order chi connectivity index (χ1) is 25.7. The van der Waals surface area contributed by atoms with Gasteiger partial charge in [-0.2, -0.15) is 0 Å². The SMILES string of the molecule is CCC=CCC=CCC=CCC=CCC=CCC=CCCC(=O)NCCC(CCNC(=O)C(C)(C)CCCOc1cc(C)ccc1C)N1CCOCC1. The number of hydrogen-bond acceptors (Lipinski definition) is 5. The normalized spacial score (nSPS) is 15.2. The van der Waals surface area contributed by atoms with Gasteiger partial charge in [0.15, 0.2) is 0 Å². The molecule has 2 amide bonds. The maximum absolute atomic E-state index is 13.1. The fourth-order valence-electron chi connectivity index (χ4n) is 6.04. The molecule has 1 aromatic carbocycles. The van der Waals surface area contributed by atoms with Crippen LogP contribution in [0.25, 0.3) is 0 Å². The molecule has 1 atom stereocenters. The fraction of sp³-hybridized carbons (Fsp3) is 0.565. The largest absolute Gasteiger partial charge is 0.493 e. The van der Waals surface area contributed by atoms with Crippen LogP contribution in [0.1, 0.15) is 109 Å². The van der Waals surface area contributed by atoms with Crippen molar-refractivity contribution in [2.45, 2.75) is 118 Å². The van der Waals surface area contributed by atoms with Crippen molar-refractivity contribution in [3.63, 3.8) is 0 Å². The van der Waals surface area contributed by atoms with Crippen LogP contribution in [0.4, 0.5) is 0 Å². The van der Waals surface area contributed by atoms with Crippen LogP contribution in [0.15, 0.2) is 91.1 Å². The van der Waals surface area contributed by atoms with Crippen molar-refractivity contribution in [3.05, 3.63) is 102 Å². The summed E-state index contributed by atoms with van der Waals surface area (Å²) in [7, 11) is 0. The van der Waals surface area contributed by atoms with Crippen molar-refractivity contribution >= 4 is 11.8 Å². The number of ether oxygens (including phenoxy) is 2. The van der Waals surface area contributed by atoms with Crippen molar-refractivity contribution in [2.75, 3.05) is 46.0 Å². The second-order valence-corrected chi connectivity index (χ2v) is 14.5. The third-order valence-electron chi connectivity index (χ3n) is 9.42. The van der Waals surface area contributed by atoms with Crippen LogP contribution < -0.4 is 15.4 Å². The lowest BCUT2D eigenvalue weighted by Gasteiger charge is -2.35. The van der Waals surface area contributed by atoms with Crippen molar-refractivity contribution in [2.24, 2.45) is 5.41 Å². The minimum atomic E-state index is -0.476. The van der Waals surface area contributed by atoms with Crippen LogP contribution in [-0.4, -0.2) is 68.8 Å². The maximum atomic E-state index is 13.1. The van der Waals surface area contributed by atoms with Gasteiger partial charge in [-0.25, -0.2) is 0 Å². The van der Waals surface area contributed by atoms with Gasteiger partial charge < -0.3 is 20.1 Å². The van der Waals surface area contributed by atoms with E-state index < -0.39 is 5.41 Å². The van der Waals surface area contributed by atoms with E-state index in [9.17, 15) is 9.59 Å². The highest BCUT2D eigenvalue weighted by Crippen LogP contribution is 2.24. The van der Waals surface area contributed by atoms with Crippen LogP contribution in [0.2, 0.25) is 0 Å². The molecule has 7 nitrogen and oxygen atoms in total. The summed E-state index contributed by atoms with van der Waals surface area (Å²) in [5.41, 5.74) is 1.83. The van der Waals surface area contributed by atoms with Gasteiger partial charge in [-0.1, -0.05) is 106 Å². The predicted molar refractivity (Wildman–Crippen MR) is 223 cm³/mol. The van der Waals surface area contributed by atoms with Crippen LogP contribution in [-0.2, 0) is 14.3 Å². The van der Waals surface area contributed by atoms with Gasteiger partial charge in [-0.3, -0.25) is 14.5 Å². The van der Waals surface area contributed by atoms with E-state index in [1.165, 1.54) is 5.56 Å². The Balaban J connectivity index is 1.59. The third-order valence-corrected chi connectivity index (χ3v) is 9.42. The molecule has 0 aromatic heterocycles. The second kappa shape index (κ2) is 28.8. The van der Waals surface area contributed by atoms with Crippen molar-refractivity contribution < 1.29 is 19.1 Å². The smallest absolute Gasteiger partial charge is 0.225 e. The molecule has 1 aliphatic rings. The Labute approximate surface area is 322 Å². The highest BCUT2D eigenvalue weighted by Gasteiger charge is 2.28. The lowest BCUT2D eigenvalue weighted by Crippen LogP contribution is -2.47. The van der Waals surface area contributed by atoms with E-state index in [4.69, 9.17) is 9.47 Å². The van der Waals surface area contributed by atoms with Gasteiger partial charge >= 0.3 is 0 Å². The Hall–Kier alpha value is -3.68. The number of carbonyl (C=O) groups is 2. The van der Waals surface area contributed by atoms with E-state index >= 15 is 0 Å². The number of carbonyl (C=O) groups excluding carboxylic acids is 2. The van der Waals surface area contributed by atoms with Crippen LogP contribution in [0.5, 0.6) is 5.75 Å². The minimum absolute atomic E-state index is 0.0765. The van der Waals surface area contributed by atoms with E-state index in [1.54, 1.807) is 0 Å². The third kappa shape index (κ3) is 22.2. The molecule has 7 heteroatoms. The molecule has 1 saturated heterocycles. The zero-order valence-electron chi connectivity index (χ0n) is 33.8. The number of amides is 2. The van der Waals surface area contributed by atoms with Crippen LogP contribution in [0.3, 0.4) is 0 Å². The molecule has 0 radical (unpaired) electrons. The fourth-order valence-corrected chi connectivity index (χ4v) is 6.04.